The first kappa shape index (κ1) is 14.5. The van der Waals surface area contributed by atoms with Crippen LogP contribution in [0.3, 0.4) is 0 Å². The standard InChI is InChI=1S/C15H20N2O3/c1-11-10-13(18)16-14(12-6-4-3-5-7-12)15(19)17(11)8-9-20-2/h3-7,11,14H,8-10H2,1-2H3,(H,16,18). The van der Waals surface area contributed by atoms with Gasteiger partial charge in [-0.3, -0.25) is 9.59 Å². The Balaban J connectivity index is 2.26. The van der Waals surface area contributed by atoms with Gasteiger partial charge in [0.1, 0.15) is 6.04 Å². The molecule has 0 aromatic heterocycles. The van der Waals surface area contributed by atoms with Gasteiger partial charge >= 0.3 is 0 Å². The number of hydrogen-bond acceptors (Lipinski definition) is 3. The first-order valence-electron chi connectivity index (χ1n) is 6.77. The highest BCUT2D eigenvalue weighted by Gasteiger charge is 2.34. The summed E-state index contributed by atoms with van der Waals surface area (Å²) in [7, 11) is 1.60. The normalized spacial score (nSPS) is 23.4. The van der Waals surface area contributed by atoms with E-state index in [1.165, 1.54) is 0 Å². The lowest BCUT2D eigenvalue weighted by Gasteiger charge is -2.28. The molecule has 1 heterocycles. The Morgan fingerprint density at radius 3 is 2.65 bits per heavy atom. The van der Waals surface area contributed by atoms with Crippen molar-refractivity contribution >= 4 is 11.8 Å². The molecule has 2 amide bonds. The van der Waals surface area contributed by atoms with E-state index in [0.717, 1.165) is 5.56 Å². The van der Waals surface area contributed by atoms with E-state index >= 15 is 0 Å². The SMILES string of the molecule is COCCN1C(=O)C(c2ccccc2)NC(=O)CC1C. The van der Waals surface area contributed by atoms with E-state index in [1.54, 1.807) is 12.0 Å². The van der Waals surface area contributed by atoms with Gasteiger partial charge in [-0.15, -0.1) is 0 Å². The second kappa shape index (κ2) is 6.52. The topological polar surface area (TPSA) is 58.6 Å². The van der Waals surface area contributed by atoms with Gasteiger partial charge in [0, 0.05) is 26.1 Å². The van der Waals surface area contributed by atoms with Crippen molar-refractivity contribution in [3.05, 3.63) is 35.9 Å². The van der Waals surface area contributed by atoms with Crippen LogP contribution in [0, 0.1) is 0 Å². The van der Waals surface area contributed by atoms with Crippen LogP contribution in [0.5, 0.6) is 0 Å². The van der Waals surface area contributed by atoms with Crippen LogP contribution in [0.4, 0.5) is 0 Å². The van der Waals surface area contributed by atoms with E-state index in [4.69, 9.17) is 4.74 Å². The number of rotatable bonds is 4. The Kier molecular flexibility index (Phi) is 4.74. The van der Waals surface area contributed by atoms with E-state index in [-0.39, 0.29) is 17.9 Å². The Morgan fingerprint density at radius 1 is 1.30 bits per heavy atom. The maximum Gasteiger partial charge on any atom is 0.250 e. The minimum atomic E-state index is -0.606. The number of carbonyl (C=O) groups is 2. The van der Waals surface area contributed by atoms with Crippen molar-refractivity contribution in [1.29, 1.82) is 0 Å². The second-order valence-electron chi connectivity index (χ2n) is 4.99. The van der Waals surface area contributed by atoms with Crippen molar-refractivity contribution in [2.75, 3.05) is 20.3 Å². The molecule has 1 aromatic rings. The van der Waals surface area contributed by atoms with Crippen molar-refractivity contribution < 1.29 is 14.3 Å². The van der Waals surface area contributed by atoms with E-state index in [0.29, 0.717) is 19.6 Å². The minimum absolute atomic E-state index is 0.0772. The third-order valence-corrected chi connectivity index (χ3v) is 3.52. The van der Waals surface area contributed by atoms with Crippen molar-refractivity contribution in [1.82, 2.24) is 10.2 Å². The van der Waals surface area contributed by atoms with Crippen molar-refractivity contribution in [2.24, 2.45) is 0 Å². The fraction of sp³-hybridized carbons (Fsp3) is 0.467. The fourth-order valence-corrected chi connectivity index (χ4v) is 2.43. The molecule has 0 saturated carbocycles. The van der Waals surface area contributed by atoms with Crippen LogP contribution in [0.15, 0.2) is 30.3 Å². The summed E-state index contributed by atoms with van der Waals surface area (Å²) in [5.41, 5.74) is 0.808. The van der Waals surface area contributed by atoms with Crippen molar-refractivity contribution in [3.8, 4) is 0 Å². The molecular weight excluding hydrogens is 256 g/mol. The van der Waals surface area contributed by atoms with Gasteiger partial charge in [0.05, 0.1) is 6.61 Å². The second-order valence-corrected chi connectivity index (χ2v) is 4.99. The summed E-state index contributed by atoms with van der Waals surface area (Å²) in [6.45, 7) is 2.85. The average molecular weight is 276 g/mol. The van der Waals surface area contributed by atoms with Gasteiger partial charge < -0.3 is 15.0 Å². The summed E-state index contributed by atoms with van der Waals surface area (Å²) in [6, 6.07) is 8.60. The van der Waals surface area contributed by atoms with Crippen LogP contribution in [0.25, 0.3) is 0 Å². The third-order valence-electron chi connectivity index (χ3n) is 3.52. The zero-order valence-corrected chi connectivity index (χ0v) is 11.8. The van der Waals surface area contributed by atoms with E-state index in [9.17, 15) is 9.59 Å². The molecule has 1 saturated heterocycles. The van der Waals surface area contributed by atoms with E-state index in [2.05, 4.69) is 5.32 Å². The molecule has 5 heteroatoms. The third kappa shape index (κ3) is 3.17. The summed E-state index contributed by atoms with van der Waals surface area (Å²) >= 11 is 0. The van der Waals surface area contributed by atoms with E-state index < -0.39 is 6.04 Å². The number of amides is 2. The molecule has 0 spiro atoms. The highest BCUT2D eigenvalue weighted by molar-refractivity contribution is 5.91. The lowest BCUT2D eigenvalue weighted by atomic mass is 10.1. The zero-order valence-electron chi connectivity index (χ0n) is 11.8. The fourth-order valence-electron chi connectivity index (χ4n) is 2.43. The molecule has 0 radical (unpaired) electrons. The molecule has 108 valence electrons. The van der Waals surface area contributed by atoms with Crippen LogP contribution >= 0.6 is 0 Å². The maximum atomic E-state index is 12.7. The lowest BCUT2D eigenvalue weighted by molar-refractivity contribution is -0.135. The first-order valence-corrected chi connectivity index (χ1v) is 6.77. The molecule has 2 unspecified atom stereocenters. The van der Waals surface area contributed by atoms with Crippen LogP contribution < -0.4 is 5.32 Å². The molecule has 0 bridgehead atoms. The smallest absolute Gasteiger partial charge is 0.250 e. The molecule has 1 aromatic carbocycles. The summed E-state index contributed by atoms with van der Waals surface area (Å²) < 4.78 is 5.05. The Labute approximate surface area is 118 Å². The molecule has 2 atom stereocenters. The molecule has 0 aliphatic carbocycles. The Bertz CT molecular complexity index is 475. The Hall–Kier alpha value is -1.88. The maximum absolute atomic E-state index is 12.7. The predicted molar refractivity (Wildman–Crippen MR) is 75.0 cm³/mol. The highest BCUT2D eigenvalue weighted by atomic mass is 16.5. The number of carbonyl (C=O) groups excluding carboxylic acids is 2. The molecule has 1 aliphatic rings. The number of hydrogen-bond donors (Lipinski definition) is 1. The summed E-state index contributed by atoms with van der Waals surface area (Å²) in [4.78, 5) is 26.3. The molecular formula is C15H20N2O3. The molecule has 1 N–H and O–H groups in total. The van der Waals surface area contributed by atoms with Crippen molar-refractivity contribution in [2.45, 2.75) is 25.4 Å². The quantitative estimate of drug-likeness (QED) is 0.896. The van der Waals surface area contributed by atoms with Gasteiger partial charge in [0.15, 0.2) is 0 Å². The number of methoxy groups -OCH3 is 1. The lowest BCUT2D eigenvalue weighted by Crippen LogP contribution is -2.43. The number of benzene rings is 1. The van der Waals surface area contributed by atoms with Gasteiger partial charge in [0.25, 0.3) is 0 Å². The highest BCUT2D eigenvalue weighted by Crippen LogP contribution is 2.21. The molecule has 5 nitrogen and oxygen atoms in total. The summed E-state index contributed by atoms with van der Waals surface area (Å²) in [5, 5.41) is 2.81. The number of nitrogens with zero attached hydrogens (tertiary/aromatic N) is 1. The predicted octanol–water partition coefficient (Wildman–Crippen LogP) is 1.11. The Morgan fingerprint density at radius 2 is 2.00 bits per heavy atom. The molecule has 1 aliphatic heterocycles. The largest absolute Gasteiger partial charge is 0.383 e. The van der Waals surface area contributed by atoms with E-state index in [1.807, 2.05) is 37.3 Å². The van der Waals surface area contributed by atoms with Gasteiger partial charge in [0.2, 0.25) is 11.8 Å². The minimum Gasteiger partial charge on any atom is -0.383 e. The van der Waals surface area contributed by atoms with Crippen LogP contribution in [-0.4, -0.2) is 43.0 Å². The van der Waals surface area contributed by atoms with Crippen molar-refractivity contribution in [3.63, 3.8) is 0 Å². The summed E-state index contributed by atoms with van der Waals surface area (Å²) in [6.07, 6.45) is 0.318. The van der Waals surface area contributed by atoms with Gasteiger partial charge in [-0.05, 0) is 12.5 Å². The van der Waals surface area contributed by atoms with Gasteiger partial charge in [-0.1, -0.05) is 30.3 Å². The summed E-state index contributed by atoms with van der Waals surface area (Å²) in [5.74, 6) is -0.175. The average Bonchev–Trinajstić information content (AvgIpc) is 2.55. The van der Waals surface area contributed by atoms with Crippen LogP contribution in [0.2, 0.25) is 0 Å². The number of ether oxygens (including phenoxy) is 1. The van der Waals surface area contributed by atoms with Gasteiger partial charge in [-0.25, -0.2) is 0 Å². The van der Waals surface area contributed by atoms with Gasteiger partial charge in [-0.2, -0.15) is 0 Å². The molecule has 20 heavy (non-hydrogen) atoms. The van der Waals surface area contributed by atoms with Crippen LogP contribution in [-0.2, 0) is 14.3 Å². The monoisotopic (exact) mass is 276 g/mol. The molecule has 1 fully saturated rings. The zero-order chi connectivity index (χ0) is 14.5. The first-order chi connectivity index (χ1) is 9.63. The van der Waals surface area contributed by atoms with Crippen LogP contribution in [0.1, 0.15) is 24.9 Å². The molecule has 2 rings (SSSR count). The number of nitrogens with one attached hydrogen (secondary N) is 1.